The molecule has 2 aliphatic heterocycles. The van der Waals surface area contributed by atoms with E-state index in [1.165, 1.54) is 66.7 Å². The smallest absolute Gasteiger partial charge is 0.354 e. The number of alkyl halides is 13. The third-order valence-corrected chi connectivity index (χ3v) is 12.7. The molecule has 0 atom stereocenters. The van der Waals surface area contributed by atoms with E-state index in [0.29, 0.717) is 32.4 Å². The van der Waals surface area contributed by atoms with Crippen LogP contribution in [0.25, 0.3) is 90.9 Å². The SMILES string of the molecule is FC(F)(F)C(F)(F)C(F)(F)C(F)(F)C(F)(F)C(F)(F)c1cc2[nH]c1c(-c1ccc(Cl)cc1)c1nc(c(-c3ccc(Cl)cc3)c3nc(c(-c4ccc(Cl)cc4)c4ccc([nH]4)c2-c2ccc(Cl)cc2)C=C3)C=C1. The van der Waals surface area contributed by atoms with Crippen molar-refractivity contribution in [1.29, 1.82) is 0 Å². The molecule has 4 nitrogen and oxygen atoms in total. The van der Waals surface area contributed by atoms with Gasteiger partial charge in [-0.25, -0.2) is 9.97 Å². The third kappa shape index (κ3) is 8.23. The van der Waals surface area contributed by atoms with Gasteiger partial charge in [0.15, 0.2) is 0 Å². The Morgan fingerprint density at radius 1 is 0.338 bits per heavy atom. The van der Waals surface area contributed by atoms with Gasteiger partial charge in [-0.2, -0.15) is 57.1 Å². The van der Waals surface area contributed by atoms with E-state index in [9.17, 15) is 30.7 Å². The Morgan fingerprint density at radius 2 is 0.676 bits per heavy atom. The molecule has 0 radical (unpaired) electrons. The molecule has 0 fully saturated rings. The monoisotopic (exact) mass is 1070 g/mol. The van der Waals surface area contributed by atoms with E-state index >= 15 is 26.3 Å². The van der Waals surface area contributed by atoms with Gasteiger partial charge in [0.25, 0.3) is 0 Å². The van der Waals surface area contributed by atoms with Crippen molar-refractivity contribution >= 4 is 92.8 Å². The number of nitrogens with one attached hydrogen (secondary N) is 2. The van der Waals surface area contributed by atoms with Gasteiger partial charge in [0, 0.05) is 58.9 Å². The largest absolute Gasteiger partial charge is 0.460 e. The fraction of sp³-hybridized carbons (Fsp3) is 0.120. The van der Waals surface area contributed by atoms with E-state index in [1.807, 2.05) is 0 Å². The zero-order valence-corrected chi connectivity index (χ0v) is 38.1. The van der Waals surface area contributed by atoms with Crippen LogP contribution in [0.5, 0.6) is 0 Å². The van der Waals surface area contributed by atoms with Gasteiger partial charge in [0.2, 0.25) is 0 Å². The van der Waals surface area contributed by atoms with Crippen molar-refractivity contribution in [3.63, 3.8) is 0 Å². The maximum absolute atomic E-state index is 17.1. The summed E-state index contributed by atoms with van der Waals surface area (Å²) in [5, 5.41) is 0.881. The summed E-state index contributed by atoms with van der Waals surface area (Å²) in [4.78, 5) is 15.5. The van der Waals surface area contributed by atoms with Crippen molar-refractivity contribution in [1.82, 2.24) is 19.9 Å². The molecule has 0 amide bonds. The molecule has 2 N–H and O–H groups in total. The van der Waals surface area contributed by atoms with Crippen LogP contribution in [0, 0.1) is 0 Å². The molecule has 7 aromatic rings. The summed E-state index contributed by atoms with van der Waals surface area (Å²) in [5.74, 6) is -38.7. The molecule has 0 spiro atoms. The van der Waals surface area contributed by atoms with Gasteiger partial charge in [0.1, 0.15) is 0 Å². The van der Waals surface area contributed by atoms with Crippen molar-refractivity contribution in [2.45, 2.75) is 35.8 Å². The van der Waals surface area contributed by atoms with E-state index in [-0.39, 0.29) is 66.5 Å². The lowest BCUT2D eigenvalue weighted by atomic mass is 9.89. The lowest BCUT2D eigenvalue weighted by Crippen LogP contribution is -2.69. The maximum Gasteiger partial charge on any atom is 0.460 e. The Balaban J connectivity index is 1.51. The minimum Gasteiger partial charge on any atom is -0.354 e. The van der Waals surface area contributed by atoms with E-state index in [0.717, 1.165) is 0 Å². The number of aromatic amines is 2. The average Bonchev–Trinajstić information content (AvgIpc) is 4.16. The molecule has 21 heteroatoms. The Hall–Kier alpha value is -6.27. The van der Waals surface area contributed by atoms with Crippen LogP contribution in [0.2, 0.25) is 20.1 Å². The summed E-state index contributed by atoms with van der Waals surface area (Å²) in [6.45, 7) is 0. The molecule has 0 saturated heterocycles. The van der Waals surface area contributed by atoms with Crippen molar-refractivity contribution < 1.29 is 57.1 Å². The number of benzene rings is 4. The minimum absolute atomic E-state index is 0.000972. The normalized spacial score (nSPS) is 13.6. The Morgan fingerprint density at radius 3 is 1.10 bits per heavy atom. The second-order valence-corrected chi connectivity index (χ2v) is 17.8. The fourth-order valence-corrected chi connectivity index (χ4v) is 8.66. The summed E-state index contributed by atoms with van der Waals surface area (Å²) < 4.78 is 196. The van der Waals surface area contributed by atoms with Crippen molar-refractivity contribution in [3.05, 3.63) is 164 Å². The summed E-state index contributed by atoms with van der Waals surface area (Å²) in [6.07, 6.45) is -1.66. The summed E-state index contributed by atoms with van der Waals surface area (Å²) in [5.41, 5.74) is -2.79. The number of H-pyrrole nitrogens is 2. The van der Waals surface area contributed by atoms with Crippen LogP contribution in [-0.2, 0) is 5.92 Å². The standard InChI is InChI=1S/C50H25Cl4F13N4/c51-28-9-1-24(2-10-28)40-33-17-18-34(68-33)41(25-3-11-29(52)12-4-25)36-21-22-38(70-36)43(27-7-15-31(54)16-8-27)44-32(45(55,56)46(57,58)47(59,60)48(61,62)49(63,64)50(65,66)67)23-39(71-44)42(37-20-19-35(40)69-37)26-5-13-30(53)14-6-26/h1-23,69,71H. The summed E-state index contributed by atoms with van der Waals surface area (Å²) in [7, 11) is 0. The minimum atomic E-state index is -8.16. The second-order valence-electron chi connectivity index (χ2n) is 16.1. The third-order valence-electron chi connectivity index (χ3n) is 11.7. The molecule has 5 heterocycles. The van der Waals surface area contributed by atoms with Gasteiger partial charge < -0.3 is 9.97 Å². The second kappa shape index (κ2) is 17.5. The van der Waals surface area contributed by atoms with Gasteiger partial charge in [0.05, 0.1) is 33.9 Å². The number of fused-ring (bicyclic) bond motifs is 8. The van der Waals surface area contributed by atoms with E-state index in [1.54, 1.807) is 66.7 Å². The predicted molar refractivity (Wildman–Crippen MR) is 250 cm³/mol. The number of rotatable bonds is 9. The molecule has 3 aromatic heterocycles. The molecular weight excluding hydrogens is 1050 g/mol. The van der Waals surface area contributed by atoms with Crippen molar-refractivity contribution in [3.8, 4) is 44.5 Å². The van der Waals surface area contributed by atoms with Crippen LogP contribution in [0.4, 0.5) is 57.1 Å². The van der Waals surface area contributed by atoms with E-state index in [2.05, 4.69) is 9.97 Å². The van der Waals surface area contributed by atoms with Crippen LogP contribution in [0.15, 0.2) is 115 Å². The molecule has 0 unspecified atom stereocenters. The summed E-state index contributed by atoms with van der Waals surface area (Å²) in [6, 6.07) is 26.2. The van der Waals surface area contributed by atoms with Gasteiger partial charge in [-0.1, -0.05) is 94.9 Å². The maximum atomic E-state index is 17.1. The number of hydrogen-bond donors (Lipinski definition) is 2. The number of aromatic nitrogens is 4. The van der Waals surface area contributed by atoms with Gasteiger partial charge >= 0.3 is 35.8 Å². The Bertz CT molecular complexity index is 3470. The van der Waals surface area contributed by atoms with Crippen LogP contribution in [0.3, 0.4) is 0 Å². The molecule has 4 aromatic carbocycles. The molecule has 8 bridgehead atoms. The van der Waals surface area contributed by atoms with E-state index < -0.39 is 57.9 Å². The highest BCUT2D eigenvalue weighted by Crippen LogP contribution is 2.63. The highest BCUT2D eigenvalue weighted by molar-refractivity contribution is 6.31. The van der Waals surface area contributed by atoms with Gasteiger partial charge in [-0.15, -0.1) is 0 Å². The number of nitrogens with zero attached hydrogens (tertiary/aromatic N) is 2. The zero-order valence-electron chi connectivity index (χ0n) is 35.1. The molecule has 71 heavy (non-hydrogen) atoms. The number of hydrogen-bond acceptors (Lipinski definition) is 2. The van der Waals surface area contributed by atoms with Crippen LogP contribution >= 0.6 is 46.4 Å². The molecule has 0 aliphatic carbocycles. The Labute approximate surface area is 412 Å². The van der Waals surface area contributed by atoms with Gasteiger partial charge in [-0.05, 0) is 113 Å². The fourth-order valence-electron chi connectivity index (χ4n) is 8.15. The molecule has 0 saturated carbocycles. The van der Waals surface area contributed by atoms with Crippen LogP contribution < -0.4 is 0 Å². The highest BCUT2D eigenvalue weighted by Gasteiger charge is 2.91. The lowest BCUT2D eigenvalue weighted by Gasteiger charge is -2.39. The van der Waals surface area contributed by atoms with Crippen molar-refractivity contribution in [2.24, 2.45) is 0 Å². The molecule has 2 aliphatic rings. The first-order chi connectivity index (χ1) is 33.2. The zero-order chi connectivity index (χ0) is 51.2. The quantitative estimate of drug-likeness (QED) is 0.142. The van der Waals surface area contributed by atoms with Crippen LogP contribution in [0.1, 0.15) is 28.3 Å². The first-order valence-corrected chi connectivity index (χ1v) is 22.0. The molecule has 364 valence electrons. The highest BCUT2D eigenvalue weighted by atomic mass is 35.5. The predicted octanol–water partition coefficient (Wildman–Crippen LogP) is 18.1. The van der Waals surface area contributed by atoms with Gasteiger partial charge in [-0.3, -0.25) is 0 Å². The number of halogens is 17. The first-order valence-electron chi connectivity index (χ1n) is 20.5. The Kier molecular flexibility index (Phi) is 12.2. The average molecular weight is 1070 g/mol. The molecular formula is C50H25Cl4F13N4. The summed E-state index contributed by atoms with van der Waals surface area (Å²) >= 11 is 24.9. The van der Waals surface area contributed by atoms with E-state index in [4.69, 9.17) is 56.4 Å². The molecule has 9 rings (SSSR count). The van der Waals surface area contributed by atoms with Crippen molar-refractivity contribution in [2.75, 3.05) is 0 Å². The topological polar surface area (TPSA) is 57.4 Å². The van der Waals surface area contributed by atoms with Crippen LogP contribution in [-0.4, -0.2) is 49.8 Å². The lowest BCUT2D eigenvalue weighted by molar-refractivity contribution is -0.441. The first kappa shape index (κ1) is 49.7.